The third kappa shape index (κ3) is 4.21. The summed E-state index contributed by atoms with van der Waals surface area (Å²) < 4.78 is 10.9. The van der Waals surface area contributed by atoms with Crippen LogP contribution < -0.4 is 5.32 Å². The summed E-state index contributed by atoms with van der Waals surface area (Å²) in [5.74, 6) is 0.730. The Morgan fingerprint density at radius 2 is 2.29 bits per heavy atom. The van der Waals surface area contributed by atoms with Gasteiger partial charge in [0, 0.05) is 39.4 Å². The molecule has 0 amide bonds. The normalized spacial score (nSPS) is 34.4. The van der Waals surface area contributed by atoms with E-state index in [1.807, 2.05) is 0 Å². The standard InChI is InChI=1S/C13H26N2O2/c1-15(8-11-4-3-5-17-10-11)9-12-6-13(16-2)7-14-12/h11-14H,3-10H2,1-2H3. The Morgan fingerprint density at radius 1 is 1.41 bits per heavy atom. The van der Waals surface area contributed by atoms with Crippen LogP contribution in [0, 0.1) is 5.92 Å². The van der Waals surface area contributed by atoms with Crippen molar-refractivity contribution in [3.05, 3.63) is 0 Å². The van der Waals surface area contributed by atoms with E-state index < -0.39 is 0 Å². The first-order valence-corrected chi connectivity index (χ1v) is 6.80. The van der Waals surface area contributed by atoms with Gasteiger partial charge >= 0.3 is 0 Å². The Morgan fingerprint density at radius 3 is 2.94 bits per heavy atom. The molecule has 0 bridgehead atoms. The minimum Gasteiger partial charge on any atom is -0.381 e. The lowest BCUT2D eigenvalue weighted by molar-refractivity contribution is 0.0409. The highest BCUT2D eigenvalue weighted by Gasteiger charge is 2.25. The van der Waals surface area contributed by atoms with E-state index in [1.165, 1.54) is 12.8 Å². The van der Waals surface area contributed by atoms with E-state index in [0.717, 1.165) is 45.2 Å². The first-order valence-electron chi connectivity index (χ1n) is 6.80. The van der Waals surface area contributed by atoms with E-state index in [4.69, 9.17) is 9.47 Å². The lowest BCUT2D eigenvalue weighted by Crippen LogP contribution is -2.39. The maximum Gasteiger partial charge on any atom is 0.0711 e. The maximum atomic E-state index is 5.53. The number of nitrogens with one attached hydrogen (secondary N) is 1. The van der Waals surface area contributed by atoms with E-state index in [0.29, 0.717) is 12.1 Å². The summed E-state index contributed by atoms with van der Waals surface area (Å²) in [6.07, 6.45) is 4.10. The van der Waals surface area contributed by atoms with Crippen molar-refractivity contribution in [3.63, 3.8) is 0 Å². The van der Waals surface area contributed by atoms with Gasteiger partial charge in [-0.05, 0) is 32.2 Å². The molecule has 1 N–H and O–H groups in total. The van der Waals surface area contributed by atoms with Gasteiger partial charge in [0.1, 0.15) is 0 Å². The summed E-state index contributed by atoms with van der Waals surface area (Å²) >= 11 is 0. The van der Waals surface area contributed by atoms with Crippen molar-refractivity contribution in [3.8, 4) is 0 Å². The second-order valence-corrected chi connectivity index (χ2v) is 5.50. The molecular weight excluding hydrogens is 216 g/mol. The van der Waals surface area contributed by atoms with Gasteiger partial charge in [0.2, 0.25) is 0 Å². The summed E-state index contributed by atoms with van der Waals surface area (Å²) in [6, 6.07) is 0.592. The zero-order valence-corrected chi connectivity index (χ0v) is 11.2. The summed E-state index contributed by atoms with van der Waals surface area (Å²) in [4.78, 5) is 2.44. The number of ether oxygens (including phenoxy) is 2. The molecule has 3 atom stereocenters. The van der Waals surface area contributed by atoms with E-state index in [-0.39, 0.29) is 0 Å². The lowest BCUT2D eigenvalue weighted by atomic mass is 10.0. The van der Waals surface area contributed by atoms with Gasteiger partial charge in [-0.1, -0.05) is 0 Å². The summed E-state index contributed by atoms with van der Waals surface area (Å²) in [5, 5.41) is 3.53. The van der Waals surface area contributed by atoms with Crippen molar-refractivity contribution in [1.29, 1.82) is 0 Å². The highest BCUT2D eigenvalue weighted by Crippen LogP contribution is 2.16. The van der Waals surface area contributed by atoms with Crippen molar-refractivity contribution < 1.29 is 9.47 Å². The second kappa shape index (κ2) is 6.69. The molecule has 2 fully saturated rings. The molecule has 0 radical (unpaired) electrons. The highest BCUT2D eigenvalue weighted by molar-refractivity contribution is 4.84. The van der Waals surface area contributed by atoms with Gasteiger partial charge in [-0.3, -0.25) is 0 Å². The average molecular weight is 242 g/mol. The van der Waals surface area contributed by atoms with Crippen molar-refractivity contribution in [2.45, 2.75) is 31.4 Å². The number of hydrogen-bond donors (Lipinski definition) is 1. The summed E-state index contributed by atoms with van der Waals surface area (Å²) in [5.41, 5.74) is 0. The predicted octanol–water partition coefficient (Wildman–Crippen LogP) is 0.722. The van der Waals surface area contributed by atoms with Crippen molar-refractivity contribution in [1.82, 2.24) is 10.2 Å². The summed E-state index contributed by atoms with van der Waals surface area (Å²) in [6.45, 7) is 5.19. The fourth-order valence-corrected chi connectivity index (χ4v) is 2.94. The van der Waals surface area contributed by atoms with Crippen LogP contribution in [-0.2, 0) is 9.47 Å². The van der Waals surface area contributed by atoms with Crippen LogP contribution >= 0.6 is 0 Å². The van der Waals surface area contributed by atoms with Crippen molar-refractivity contribution in [2.24, 2.45) is 5.92 Å². The van der Waals surface area contributed by atoms with Crippen LogP contribution in [0.2, 0.25) is 0 Å². The Kier molecular flexibility index (Phi) is 5.22. The molecule has 2 saturated heterocycles. The quantitative estimate of drug-likeness (QED) is 0.770. The molecule has 2 heterocycles. The number of nitrogens with zero attached hydrogens (tertiary/aromatic N) is 1. The molecular formula is C13H26N2O2. The maximum absolute atomic E-state index is 5.53. The number of likely N-dealkylation sites (N-methyl/N-ethyl adjacent to an activating group) is 1. The molecule has 0 aromatic rings. The molecule has 0 aromatic carbocycles. The van der Waals surface area contributed by atoms with Gasteiger partial charge in [-0.15, -0.1) is 0 Å². The molecule has 2 aliphatic heterocycles. The van der Waals surface area contributed by atoms with E-state index in [9.17, 15) is 0 Å². The fraction of sp³-hybridized carbons (Fsp3) is 1.00. The molecule has 0 aromatic heterocycles. The molecule has 2 aliphatic rings. The molecule has 4 heteroatoms. The number of methoxy groups -OCH3 is 1. The van der Waals surface area contributed by atoms with Crippen LogP contribution in [0.15, 0.2) is 0 Å². The lowest BCUT2D eigenvalue weighted by Gasteiger charge is -2.28. The molecule has 17 heavy (non-hydrogen) atoms. The van der Waals surface area contributed by atoms with Crippen molar-refractivity contribution in [2.75, 3.05) is 47.0 Å². The molecule has 3 unspecified atom stereocenters. The molecule has 100 valence electrons. The van der Waals surface area contributed by atoms with Gasteiger partial charge in [0.15, 0.2) is 0 Å². The Labute approximate surface area is 105 Å². The Balaban J connectivity index is 1.64. The average Bonchev–Trinajstić information content (AvgIpc) is 2.78. The largest absolute Gasteiger partial charge is 0.381 e. The first-order chi connectivity index (χ1) is 8.28. The SMILES string of the molecule is COC1CNC(CN(C)CC2CCCOC2)C1. The topological polar surface area (TPSA) is 33.7 Å². The number of rotatable bonds is 5. The molecule has 2 rings (SSSR count). The van der Waals surface area contributed by atoms with Gasteiger partial charge in [-0.25, -0.2) is 0 Å². The monoisotopic (exact) mass is 242 g/mol. The van der Waals surface area contributed by atoms with Gasteiger partial charge < -0.3 is 19.7 Å². The first kappa shape index (κ1) is 13.3. The number of hydrogen-bond acceptors (Lipinski definition) is 4. The van der Waals surface area contributed by atoms with Gasteiger partial charge in [-0.2, -0.15) is 0 Å². The van der Waals surface area contributed by atoms with Gasteiger partial charge in [0.25, 0.3) is 0 Å². The predicted molar refractivity (Wildman–Crippen MR) is 68.2 cm³/mol. The van der Waals surface area contributed by atoms with Crippen LogP contribution in [0.25, 0.3) is 0 Å². The molecule has 0 spiro atoms. The second-order valence-electron chi connectivity index (χ2n) is 5.50. The van der Waals surface area contributed by atoms with Crippen LogP contribution in [0.5, 0.6) is 0 Å². The zero-order chi connectivity index (χ0) is 12.1. The van der Waals surface area contributed by atoms with Gasteiger partial charge in [0.05, 0.1) is 12.7 Å². The van der Waals surface area contributed by atoms with Crippen LogP contribution in [0.3, 0.4) is 0 Å². The highest BCUT2D eigenvalue weighted by atomic mass is 16.5. The smallest absolute Gasteiger partial charge is 0.0711 e. The molecule has 4 nitrogen and oxygen atoms in total. The van der Waals surface area contributed by atoms with E-state index in [2.05, 4.69) is 17.3 Å². The zero-order valence-electron chi connectivity index (χ0n) is 11.2. The summed E-state index contributed by atoms with van der Waals surface area (Å²) in [7, 11) is 4.02. The van der Waals surface area contributed by atoms with E-state index >= 15 is 0 Å². The minimum absolute atomic E-state index is 0.409. The van der Waals surface area contributed by atoms with E-state index in [1.54, 1.807) is 7.11 Å². The molecule has 0 aliphatic carbocycles. The van der Waals surface area contributed by atoms with Crippen molar-refractivity contribution >= 4 is 0 Å². The van der Waals surface area contributed by atoms with Crippen LogP contribution in [0.4, 0.5) is 0 Å². The Bertz CT molecular complexity index is 219. The van der Waals surface area contributed by atoms with Crippen LogP contribution in [0.1, 0.15) is 19.3 Å². The fourth-order valence-electron chi connectivity index (χ4n) is 2.94. The van der Waals surface area contributed by atoms with Crippen LogP contribution in [-0.4, -0.2) is 64.1 Å². The minimum atomic E-state index is 0.409. The third-order valence-electron chi connectivity index (χ3n) is 3.87. The third-order valence-corrected chi connectivity index (χ3v) is 3.87. The molecule has 0 saturated carbocycles. The Hall–Kier alpha value is -0.160.